The Kier molecular flexibility index (Phi) is 4.92. The maximum atomic E-state index is 12.5. The Bertz CT molecular complexity index is 753. The van der Waals surface area contributed by atoms with Crippen molar-refractivity contribution in [3.8, 4) is 11.4 Å². The van der Waals surface area contributed by atoms with Crippen LogP contribution >= 0.6 is 0 Å². The van der Waals surface area contributed by atoms with Gasteiger partial charge in [-0.05, 0) is 35.4 Å². The SMILES string of the molecule is COc1cc(-n2cnnn2)ccc1NC(=O)C1CCN(C(C)=O)CC1. The minimum Gasteiger partial charge on any atom is -0.494 e. The summed E-state index contributed by atoms with van der Waals surface area (Å²) in [6, 6.07) is 5.32. The molecule has 0 aliphatic carbocycles. The second kappa shape index (κ2) is 7.29. The minimum absolute atomic E-state index is 0.0544. The summed E-state index contributed by atoms with van der Waals surface area (Å²) in [5.74, 6) is 0.414. The van der Waals surface area contributed by atoms with Crippen LogP contribution in [0.5, 0.6) is 5.75 Å². The molecule has 1 N–H and O–H groups in total. The number of tetrazole rings is 1. The van der Waals surface area contributed by atoms with E-state index >= 15 is 0 Å². The quantitative estimate of drug-likeness (QED) is 0.883. The lowest BCUT2D eigenvalue weighted by Gasteiger charge is -2.30. The monoisotopic (exact) mass is 344 g/mol. The zero-order chi connectivity index (χ0) is 17.8. The number of rotatable bonds is 4. The largest absolute Gasteiger partial charge is 0.494 e. The number of amides is 2. The molecule has 2 heterocycles. The normalized spacial score (nSPS) is 15.0. The number of ether oxygens (including phenoxy) is 1. The van der Waals surface area contributed by atoms with Gasteiger partial charge in [-0.15, -0.1) is 5.10 Å². The highest BCUT2D eigenvalue weighted by molar-refractivity contribution is 5.94. The van der Waals surface area contributed by atoms with E-state index in [2.05, 4.69) is 20.8 Å². The van der Waals surface area contributed by atoms with Crippen molar-refractivity contribution < 1.29 is 14.3 Å². The average Bonchev–Trinajstić information content (AvgIpc) is 3.16. The molecule has 1 aromatic carbocycles. The highest BCUT2D eigenvalue weighted by Gasteiger charge is 2.26. The molecule has 25 heavy (non-hydrogen) atoms. The van der Waals surface area contributed by atoms with Gasteiger partial charge in [0.15, 0.2) is 0 Å². The van der Waals surface area contributed by atoms with Gasteiger partial charge in [0.1, 0.15) is 12.1 Å². The third-order valence-corrected chi connectivity index (χ3v) is 4.37. The van der Waals surface area contributed by atoms with Crippen LogP contribution in [0.1, 0.15) is 19.8 Å². The van der Waals surface area contributed by atoms with Gasteiger partial charge in [0.05, 0.1) is 18.5 Å². The van der Waals surface area contributed by atoms with Crippen molar-refractivity contribution in [2.24, 2.45) is 5.92 Å². The first kappa shape index (κ1) is 16.9. The molecule has 132 valence electrons. The highest BCUT2D eigenvalue weighted by atomic mass is 16.5. The van der Waals surface area contributed by atoms with Gasteiger partial charge in [0.25, 0.3) is 0 Å². The van der Waals surface area contributed by atoms with Gasteiger partial charge in [-0.2, -0.15) is 0 Å². The van der Waals surface area contributed by atoms with Crippen molar-refractivity contribution >= 4 is 17.5 Å². The number of likely N-dealkylation sites (tertiary alicyclic amines) is 1. The summed E-state index contributed by atoms with van der Waals surface area (Å²) in [5.41, 5.74) is 1.33. The van der Waals surface area contributed by atoms with Crippen LogP contribution in [0.2, 0.25) is 0 Å². The zero-order valence-corrected chi connectivity index (χ0v) is 14.2. The third kappa shape index (κ3) is 3.76. The summed E-state index contributed by atoms with van der Waals surface area (Å²) in [4.78, 5) is 25.7. The van der Waals surface area contributed by atoms with Gasteiger partial charge in [-0.25, -0.2) is 4.68 Å². The van der Waals surface area contributed by atoms with Gasteiger partial charge in [-0.3, -0.25) is 9.59 Å². The van der Waals surface area contributed by atoms with Crippen LogP contribution < -0.4 is 10.1 Å². The summed E-state index contributed by atoms with van der Waals surface area (Å²) >= 11 is 0. The fourth-order valence-corrected chi connectivity index (χ4v) is 2.90. The van der Waals surface area contributed by atoms with E-state index in [0.717, 1.165) is 5.69 Å². The number of carbonyl (C=O) groups excluding carboxylic acids is 2. The zero-order valence-electron chi connectivity index (χ0n) is 14.2. The van der Waals surface area contributed by atoms with Crippen molar-refractivity contribution in [2.75, 3.05) is 25.5 Å². The van der Waals surface area contributed by atoms with E-state index in [1.165, 1.54) is 11.0 Å². The number of aromatic nitrogens is 4. The maximum absolute atomic E-state index is 12.5. The molecule has 1 aliphatic rings. The van der Waals surface area contributed by atoms with Gasteiger partial charge < -0.3 is 15.0 Å². The van der Waals surface area contributed by atoms with E-state index in [1.807, 2.05) is 0 Å². The number of anilines is 1. The summed E-state index contributed by atoms with van der Waals surface area (Å²) < 4.78 is 6.88. The minimum atomic E-state index is -0.112. The lowest BCUT2D eigenvalue weighted by Crippen LogP contribution is -2.40. The van der Waals surface area contributed by atoms with Crippen LogP contribution in [0.4, 0.5) is 5.69 Å². The van der Waals surface area contributed by atoms with Crippen molar-refractivity contribution in [2.45, 2.75) is 19.8 Å². The molecule has 0 saturated carbocycles. The van der Waals surface area contributed by atoms with Crippen molar-refractivity contribution in [1.82, 2.24) is 25.1 Å². The molecule has 0 bridgehead atoms. The van der Waals surface area contributed by atoms with Crippen molar-refractivity contribution in [3.63, 3.8) is 0 Å². The second-order valence-electron chi connectivity index (χ2n) is 5.91. The molecule has 0 spiro atoms. The first-order valence-electron chi connectivity index (χ1n) is 8.06. The number of hydrogen-bond donors (Lipinski definition) is 1. The Morgan fingerprint density at radius 2 is 2.04 bits per heavy atom. The first-order chi connectivity index (χ1) is 12.1. The molecule has 0 unspecified atom stereocenters. The fourth-order valence-electron chi connectivity index (χ4n) is 2.90. The van der Waals surface area contributed by atoms with Crippen LogP contribution in [-0.4, -0.2) is 57.1 Å². The molecule has 0 atom stereocenters. The smallest absolute Gasteiger partial charge is 0.227 e. The maximum Gasteiger partial charge on any atom is 0.227 e. The number of nitrogens with one attached hydrogen (secondary N) is 1. The summed E-state index contributed by atoms with van der Waals surface area (Å²) in [6.07, 6.45) is 2.81. The molecule has 2 aromatic rings. The molecule has 1 aliphatic heterocycles. The number of benzene rings is 1. The number of piperidine rings is 1. The van der Waals surface area contributed by atoms with Crippen LogP contribution in [0.3, 0.4) is 0 Å². The highest BCUT2D eigenvalue weighted by Crippen LogP contribution is 2.28. The van der Waals surface area contributed by atoms with E-state index < -0.39 is 0 Å². The summed E-state index contributed by atoms with van der Waals surface area (Å²) in [7, 11) is 1.54. The summed E-state index contributed by atoms with van der Waals surface area (Å²) in [6.45, 7) is 2.78. The Hall–Kier alpha value is -2.97. The standard InChI is InChI=1S/C16H20N6O3/c1-11(23)21-7-5-12(6-8-21)16(24)18-14-4-3-13(9-15(14)25-2)22-10-17-19-20-22/h3-4,9-10,12H,5-8H2,1-2H3,(H,18,24). The molecule has 1 saturated heterocycles. The molecule has 9 heteroatoms. The Balaban J connectivity index is 1.68. The predicted molar refractivity (Wildman–Crippen MR) is 89.3 cm³/mol. The molecule has 1 aromatic heterocycles. The lowest BCUT2D eigenvalue weighted by molar-refractivity contribution is -0.132. The van der Waals surface area contributed by atoms with Crippen molar-refractivity contribution in [3.05, 3.63) is 24.5 Å². The summed E-state index contributed by atoms with van der Waals surface area (Å²) in [5, 5.41) is 13.9. The Labute approximate surface area is 144 Å². The lowest BCUT2D eigenvalue weighted by atomic mass is 9.95. The van der Waals surface area contributed by atoms with E-state index in [0.29, 0.717) is 37.4 Å². The van der Waals surface area contributed by atoms with Gasteiger partial charge >= 0.3 is 0 Å². The van der Waals surface area contributed by atoms with E-state index in [1.54, 1.807) is 37.1 Å². The van der Waals surface area contributed by atoms with Gasteiger partial charge in [-0.1, -0.05) is 0 Å². The molecule has 2 amide bonds. The molecule has 3 rings (SSSR count). The number of hydrogen-bond acceptors (Lipinski definition) is 6. The van der Waals surface area contributed by atoms with Crippen LogP contribution in [0.25, 0.3) is 5.69 Å². The average molecular weight is 344 g/mol. The number of nitrogens with zero attached hydrogens (tertiary/aromatic N) is 5. The topological polar surface area (TPSA) is 102 Å². The fraction of sp³-hybridized carbons (Fsp3) is 0.438. The molecule has 1 fully saturated rings. The van der Waals surface area contributed by atoms with Gasteiger partial charge in [0, 0.05) is 32.0 Å². The van der Waals surface area contributed by atoms with Crippen molar-refractivity contribution in [1.29, 1.82) is 0 Å². The Morgan fingerprint density at radius 1 is 1.28 bits per heavy atom. The van der Waals surface area contributed by atoms with E-state index in [4.69, 9.17) is 4.74 Å². The molecular weight excluding hydrogens is 324 g/mol. The Morgan fingerprint density at radius 3 is 2.64 bits per heavy atom. The predicted octanol–water partition coefficient (Wildman–Crippen LogP) is 0.868. The van der Waals surface area contributed by atoms with Crippen LogP contribution in [-0.2, 0) is 9.59 Å². The first-order valence-corrected chi connectivity index (χ1v) is 8.06. The molecule has 9 nitrogen and oxygen atoms in total. The molecular formula is C16H20N6O3. The molecule has 0 radical (unpaired) electrons. The van der Waals surface area contributed by atoms with Crippen LogP contribution in [0.15, 0.2) is 24.5 Å². The van der Waals surface area contributed by atoms with Crippen LogP contribution in [0, 0.1) is 5.92 Å². The van der Waals surface area contributed by atoms with E-state index in [-0.39, 0.29) is 17.7 Å². The number of methoxy groups -OCH3 is 1. The van der Waals surface area contributed by atoms with Gasteiger partial charge in [0.2, 0.25) is 11.8 Å². The third-order valence-electron chi connectivity index (χ3n) is 4.37. The van der Waals surface area contributed by atoms with E-state index in [9.17, 15) is 9.59 Å². The number of carbonyl (C=O) groups is 2. The second-order valence-corrected chi connectivity index (χ2v) is 5.91.